The Labute approximate surface area is 195 Å². The van der Waals surface area contributed by atoms with Gasteiger partial charge in [0.05, 0.1) is 10.6 Å². The van der Waals surface area contributed by atoms with Crippen LogP contribution in [0, 0.1) is 10.1 Å². The fraction of sp³-hybridized carbons (Fsp3) is 0.154. The Morgan fingerprint density at radius 3 is 2.53 bits per heavy atom. The van der Waals surface area contributed by atoms with E-state index in [2.05, 4.69) is 5.32 Å². The van der Waals surface area contributed by atoms with Crippen molar-refractivity contribution in [3.05, 3.63) is 117 Å². The zero-order chi connectivity index (χ0) is 23.9. The first-order chi connectivity index (χ1) is 16.5. The van der Waals surface area contributed by atoms with Crippen LogP contribution in [0.1, 0.15) is 22.3 Å². The highest BCUT2D eigenvalue weighted by atomic mass is 16.6. The molecule has 0 saturated heterocycles. The van der Waals surface area contributed by atoms with Gasteiger partial charge in [-0.2, -0.15) is 0 Å². The fourth-order valence-corrected chi connectivity index (χ4v) is 3.74. The lowest BCUT2D eigenvalue weighted by atomic mass is 10.1. The van der Waals surface area contributed by atoms with Crippen LogP contribution in [0.3, 0.4) is 0 Å². The van der Waals surface area contributed by atoms with Crippen molar-refractivity contribution in [1.82, 2.24) is 4.90 Å². The van der Waals surface area contributed by atoms with E-state index in [4.69, 9.17) is 4.42 Å². The van der Waals surface area contributed by atoms with Gasteiger partial charge < -0.3 is 14.6 Å². The SMILES string of the molecule is O=C(c1cccc([N+](=O)[O-])c1)N(CCCNc1cc(=O)oc2ccccc12)Cc1ccccc1. The molecule has 0 aliphatic heterocycles. The Balaban J connectivity index is 1.48. The van der Waals surface area contributed by atoms with Gasteiger partial charge in [0.25, 0.3) is 11.6 Å². The molecule has 8 heteroatoms. The number of carbonyl (C=O) groups is 1. The van der Waals surface area contributed by atoms with Crippen molar-refractivity contribution in [2.45, 2.75) is 13.0 Å². The van der Waals surface area contributed by atoms with Crippen molar-refractivity contribution in [1.29, 1.82) is 0 Å². The summed E-state index contributed by atoms with van der Waals surface area (Å²) in [6.45, 7) is 1.31. The summed E-state index contributed by atoms with van der Waals surface area (Å²) in [4.78, 5) is 37.4. The van der Waals surface area contributed by atoms with E-state index in [1.54, 1.807) is 23.1 Å². The molecule has 0 unspecified atom stereocenters. The van der Waals surface area contributed by atoms with Gasteiger partial charge in [-0.3, -0.25) is 14.9 Å². The van der Waals surface area contributed by atoms with Crippen LogP contribution in [-0.4, -0.2) is 28.8 Å². The lowest BCUT2D eigenvalue weighted by molar-refractivity contribution is -0.384. The molecule has 1 aromatic heterocycles. The highest BCUT2D eigenvalue weighted by Crippen LogP contribution is 2.21. The quantitative estimate of drug-likeness (QED) is 0.167. The second kappa shape index (κ2) is 10.4. The number of rotatable bonds is 9. The van der Waals surface area contributed by atoms with Crippen molar-refractivity contribution in [3.63, 3.8) is 0 Å². The maximum absolute atomic E-state index is 13.2. The van der Waals surface area contributed by atoms with E-state index in [-0.39, 0.29) is 17.2 Å². The number of nitro groups is 1. The molecule has 0 fully saturated rings. The summed E-state index contributed by atoms with van der Waals surface area (Å²) in [6.07, 6.45) is 0.599. The predicted octanol–water partition coefficient (Wildman–Crippen LogP) is 4.85. The number of anilines is 1. The van der Waals surface area contributed by atoms with Gasteiger partial charge in [0.15, 0.2) is 0 Å². The molecule has 0 atom stereocenters. The number of amides is 1. The lowest BCUT2D eigenvalue weighted by Crippen LogP contribution is -2.32. The molecule has 1 N–H and O–H groups in total. The lowest BCUT2D eigenvalue weighted by Gasteiger charge is -2.23. The van der Waals surface area contributed by atoms with Crippen LogP contribution in [0.5, 0.6) is 0 Å². The molecule has 34 heavy (non-hydrogen) atoms. The first-order valence-corrected chi connectivity index (χ1v) is 10.9. The normalized spacial score (nSPS) is 10.7. The first kappa shape index (κ1) is 22.7. The standard InChI is InChI=1S/C26H23N3O5/c30-25-17-23(22-12-4-5-13-24(22)34-25)27-14-7-15-28(18-19-8-2-1-3-9-19)26(31)20-10-6-11-21(16-20)29(32)33/h1-6,8-13,16-17,27H,7,14-15,18H2. The maximum Gasteiger partial charge on any atom is 0.338 e. The van der Waals surface area contributed by atoms with Crippen LogP contribution in [0.4, 0.5) is 11.4 Å². The Kier molecular flexibility index (Phi) is 6.98. The third kappa shape index (κ3) is 5.47. The Morgan fingerprint density at radius 2 is 1.74 bits per heavy atom. The summed E-state index contributed by atoms with van der Waals surface area (Å²) in [7, 11) is 0. The number of carbonyl (C=O) groups excluding carboxylic acids is 1. The predicted molar refractivity (Wildman–Crippen MR) is 130 cm³/mol. The molecular formula is C26H23N3O5. The second-order valence-corrected chi connectivity index (χ2v) is 7.78. The van der Waals surface area contributed by atoms with Crippen LogP contribution >= 0.6 is 0 Å². The minimum atomic E-state index is -0.511. The molecule has 0 bridgehead atoms. The average Bonchev–Trinajstić information content (AvgIpc) is 2.86. The molecular weight excluding hydrogens is 434 g/mol. The molecule has 3 aromatic carbocycles. The van der Waals surface area contributed by atoms with E-state index >= 15 is 0 Å². The number of non-ortho nitro benzene ring substituents is 1. The zero-order valence-electron chi connectivity index (χ0n) is 18.3. The van der Waals surface area contributed by atoms with Crippen LogP contribution < -0.4 is 10.9 Å². The van der Waals surface area contributed by atoms with Gasteiger partial charge in [-0.25, -0.2) is 4.79 Å². The van der Waals surface area contributed by atoms with Crippen LogP contribution in [0.15, 0.2) is 94.1 Å². The molecule has 4 rings (SSSR count). The summed E-state index contributed by atoms with van der Waals surface area (Å²) >= 11 is 0. The van der Waals surface area contributed by atoms with Crippen molar-refractivity contribution >= 4 is 28.3 Å². The summed E-state index contributed by atoms with van der Waals surface area (Å²) in [6, 6.07) is 24.0. The van der Waals surface area contributed by atoms with Gasteiger partial charge in [0.2, 0.25) is 0 Å². The van der Waals surface area contributed by atoms with Crippen molar-refractivity contribution in [2.24, 2.45) is 0 Å². The minimum Gasteiger partial charge on any atom is -0.423 e. The van der Waals surface area contributed by atoms with Gasteiger partial charge in [0.1, 0.15) is 5.58 Å². The molecule has 1 amide bonds. The van der Waals surface area contributed by atoms with E-state index in [0.717, 1.165) is 10.9 Å². The molecule has 1 heterocycles. The summed E-state index contributed by atoms with van der Waals surface area (Å²) in [5.74, 6) is -0.279. The van der Waals surface area contributed by atoms with E-state index < -0.39 is 10.5 Å². The van der Waals surface area contributed by atoms with Crippen LogP contribution in [0.25, 0.3) is 11.0 Å². The van der Waals surface area contributed by atoms with Crippen molar-refractivity contribution in [2.75, 3.05) is 18.4 Å². The highest BCUT2D eigenvalue weighted by Gasteiger charge is 2.18. The summed E-state index contributed by atoms with van der Waals surface area (Å²) < 4.78 is 5.22. The number of nitrogens with zero attached hydrogens (tertiary/aromatic N) is 2. The number of fused-ring (bicyclic) bond motifs is 1. The third-order valence-electron chi connectivity index (χ3n) is 5.38. The number of hydrogen-bond donors (Lipinski definition) is 1. The topological polar surface area (TPSA) is 106 Å². The summed E-state index contributed by atoms with van der Waals surface area (Å²) in [5.41, 5.74) is 1.84. The van der Waals surface area contributed by atoms with Gasteiger partial charge in [-0.05, 0) is 30.2 Å². The monoisotopic (exact) mass is 457 g/mol. The molecule has 8 nitrogen and oxygen atoms in total. The van der Waals surface area contributed by atoms with E-state index in [0.29, 0.717) is 37.3 Å². The molecule has 4 aromatic rings. The number of para-hydroxylation sites is 1. The molecule has 0 aliphatic carbocycles. The number of benzene rings is 3. The third-order valence-corrected chi connectivity index (χ3v) is 5.38. The minimum absolute atomic E-state index is 0.123. The number of hydrogen-bond acceptors (Lipinski definition) is 6. The highest BCUT2D eigenvalue weighted by molar-refractivity contribution is 5.95. The van der Waals surface area contributed by atoms with Crippen molar-refractivity contribution < 1.29 is 14.1 Å². The Hall–Kier alpha value is -4.46. The molecule has 0 saturated carbocycles. The van der Waals surface area contributed by atoms with Crippen LogP contribution in [0.2, 0.25) is 0 Å². The first-order valence-electron chi connectivity index (χ1n) is 10.9. The maximum atomic E-state index is 13.2. The molecule has 0 aliphatic rings. The van der Waals surface area contributed by atoms with Gasteiger partial charge in [-0.1, -0.05) is 48.5 Å². The van der Waals surface area contributed by atoms with Gasteiger partial charge in [-0.15, -0.1) is 0 Å². The Bertz CT molecular complexity index is 1370. The van der Waals surface area contributed by atoms with E-state index in [9.17, 15) is 19.7 Å². The zero-order valence-corrected chi connectivity index (χ0v) is 18.3. The van der Waals surface area contributed by atoms with E-state index in [1.807, 2.05) is 42.5 Å². The largest absolute Gasteiger partial charge is 0.423 e. The second-order valence-electron chi connectivity index (χ2n) is 7.78. The number of nitro benzene ring substituents is 1. The molecule has 0 spiro atoms. The van der Waals surface area contributed by atoms with Gasteiger partial charge in [0, 0.05) is 48.8 Å². The van der Waals surface area contributed by atoms with Crippen molar-refractivity contribution in [3.8, 4) is 0 Å². The smallest absolute Gasteiger partial charge is 0.338 e. The van der Waals surface area contributed by atoms with Gasteiger partial charge >= 0.3 is 5.63 Å². The molecule has 172 valence electrons. The fourth-order valence-electron chi connectivity index (χ4n) is 3.74. The average molecular weight is 457 g/mol. The van der Waals surface area contributed by atoms with Crippen LogP contribution in [-0.2, 0) is 6.54 Å². The molecule has 0 radical (unpaired) electrons. The Morgan fingerprint density at radius 1 is 0.971 bits per heavy atom. The van der Waals surface area contributed by atoms with E-state index in [1.165, 1.54) is 24.3 Å². The number of nitrogens with one attached hydrogen (secondary N) is 1. The summed E-state index contributed by atoms with van der Waals surface area (Å²) in [5, 5.41) is 15.2.